The van der Waals surface area contributed by atoms with E-state index >= 15 is 0 Å². The Balaban J connectivity index is 1.28. The van der Waals surface area contributed by atoms with Crippen LogP contribution in [0, 0.1) is 0 Å². The van der Waals surface area contributed by atoms with Gasteiger partial charge in [-0.05, 0) is 18.4 Å². The van der Waals surface area contributed by atoms with E-state index in [9.17, 15) is 13.2 Å². The van der Waals surface area contributed by atoms with Gasteiger partial charge < -0.3 is 19.0 Å². The molecule has 1 aliphatic carbocycles. The van der Waals surface area contributed by atoms with Gasteiger partial charge in [-0.3, -0.25) is 0 Å². The molecule has 0 aliphatic heterocycles. The Labute approximate surface area is 214 Å². The molecule has 6 rings (SSSR count). The van der Waals surface area contributed by atoms with Gasteiger partial charge in [0.05, 0.1) is 12.8 Å². The highest BCUT2D eigenvalue weighted by Gasteiger charge is 2.34. The van der Waals surface area contributed by atoms with Gasteiger partial charge in [0.1, 0.15) is 17.7 Å². The molecule has 5 aromatic rings. The van der Waals surface area contributed by atoms with E-state index in [1.54, 1.807) is 12.1 Å². The molecule has 194 valence electrons. The fourth-order valence-corrected chi connectivity index (χ4v) is 4.24. The molecule has 0 spiro atoms. The second-order valence-corrected chi connectivity index (χ2v) is 8.93. The lowest BCUT2D eigenvalue weighted by Gasteiger charge is -2.12. The van der Waals surface area contributed by atoms with Crippen LogP contribution in [0.25, 0.3) is 34.0 Å². The Kier molecular flexibility index (Phi) is 5.69. The highest BCUT2D eigenvalue weighted by Crippen LogP contribution is 2.45. The molecule has 1 fully saturated rings. The molecular formula is C25H21F3N8O2. The number of halogens is 3. The first-order chi connectivity index (χ1) is 18.3. The van der Waals surface area contributed by atoms with Crippen LogP contribution in [0.4, 0.5) is 19.0 Å². The first-order valence-corrected chi connectivity index (χ1v) is 11.8. The van der Waals surface area contributed by atoms with Gasteiger partial charge >= 0.3 is 6.18 Å². The van der Waals surface area contributed by atoms with Gasteiger partial charge in [-0.1, -0.05) is 24.3 Å². The maximum Gasteiger partial charge on any atom is 0.434 e. The summed E-state index contributed by atoms with van der Waals surface area (Å²) in [6, 6.07) is 7.08. The monoisotopic (exact) mass is 522 g/mol. The highest BCUT2D eigenvalue weighted by molar-refractivity contribution is 5.84. The lowest BCUT2D eigenvalue weighted by Crippen LogP contribution is -2.06. The minimum Gasteiger partial charge on any atom is -0.480 e. The average Bonchev–Trinajstić information content (AvgIpc) is 3.51. The fraction of sp³-hybridized carbons (Fsp3) is 0.280. The number of aromatic nitrogens is 7. The number of aryl methyl sites for hydroxylation is 1. The molecule has 38 heavy (non-hydrogen) atoms. The second-order valence-electron chi connectivity index (χ2n) is 8.93. The molecule has 4 aromatic heterocycles. The van der Waals surface area contributed by atoms with Gasteiger partial charge in [-0.25, -0.2) is 24.9 Å². The van der Waals surface area contributed by atoms with Crippen molar-refractivity contribution in [3.63, 3.8) is 0 Å². The van der Waals surface area contributed by atoms with Crippen LogP contribution < -0.4 is 10.1 Å². The summed E-state index contributed by atoms with van der Waals surface area (Å²) in [5.41, 5.74) is 2.73. The van der Waals surface area contributed by atoms with Crippen LogP contribution >= 0.6 is 0 Å². The van der Waals surface area contributed by atoms with Crippen molar-refractivity contribution in [3.05, 3.63) is 60.1 Å². The van der Waals surface area contributed by atoms with Crippen LogP contribution in [0.15, 0.2) is 47.6 Å². The Morgan fingerprint density at radius 2 is 1.87 bits per heavy atom. The van der Waals surface area contributed by atoms with Crippen LogP contribution in [0.1, 0.15) is 35.7 Å². The predicted octanol–water partition coefficient (Wildman–Crippen LogP) is 4.99. The zero-order chi connectivity index (χ0) is 26.4. The van der Waals surface area contributed by atoms with E-state index < -0.39 is 11.9 Å². The van der Waals surface area contributed by atoms with E-state index in [0.29, 0.717) is 52.3 Å². The average molecular weight is 522 g/mol. The van der Waals surface area contributed by atoms with Gasteiger partial charge in [0, 0.05) is 31.3 Å². The van der Waals surface area contributed by atoms with Crippen molar-refractivity contribution in [2.24, 2.45) is 7.05 Å². The molecule has 0 saturated heterocycles. The van der Waals surface area contributed by atoms with Gasteiger partial charge in [0.15, 0.2) is 29.2 Å². The molecule has 10 nitrogen and oxygen atoms in total. The Bertz CT molecular complexity index is 1620. The maximum absolute atomic E-state index is 13.0. The third kappa shape index (κ3) is 4.40. The lowest BCUT2D eigenvalue weighted by atomic mass is 10.1. The fourth-order valence-electron chi connectivity index (χ4n) is 4.24. The minimum absolute atomic E-state index is 0.229. The molecule has 1 aliphatic rings. The molecule has 0 radical (unpaired) electrons. The zero-order valence-corrected chi connectivity index (χ0v) is 20.3. The summed E-state index contributed by atoms with van der Waals surface area (Å²) in [4.78, 5) is 26.0. The summed E-state index contributed by atoms with van der Waals surface area (Å²) >= 11 is 0. The standard InChI is InChI=1S/C25H21F3N8O2/c1-36-10-16(25(26,27)28)33-22(36)15-5-3-13(4-6-15)9-29-21-19-24(38-12-32-19)35-20(34-21)17-18(14-7-8-14)30-11-31-23(17)37-2/h3-6,10-12,14H,7-9H2,1-2H3,(H,29,34,35). The number of nitrogens with zero attached hydrogens (tertiary/aromatic N) is 7. The number of methoxy groups -OCH3 is 1. The molecule has 1 N–H and O–H groups in total. The smallest absolute Gasteiger partial charge is 0.434 e. The molecule has 1 saturated carbocycles. The number of imidazole rings is 1. The molecule has 13 heteroatoms. The highest BCUT2D eigenvalue weighted by atomic mass is 19.4. The summed E-state index contributed by atoms with van der Waals surface area (Å²) in [7, 11) is 3.07. The molecular weight excluding hydrogens is 501 g/mol. The summed E-state index contributed by atoms with van der Waals surface area (Å²) in [5, 5.41) is 3.27. The summed E-state index contributed by atoms with van der Waals surface area (Å²) in [5.74, 6) is 1.73. The van der Waals surface area contributed by atoms with Gasteiger partial charge in [0.2, 0.25) is 5.88 Å². The van der Waals surface area contributed by atoms with Crippen molar-refractivity contribution in [2.45, 2.75) is 31.5 Å². The van der Waals surface area contributed by atoms with Crippen LogP contribution in [-0.4, -0.2) is 41.6 Å². The lowest BCUT2D eigenvalue weighted by molar-refractivity contribution is -0.140. The summed E-state index contributed by atoms with van der Waals surface area (Å²) < 4.78 is 51.4. The van der Waals surface area contributed by atoms with Crippen molar-refractivity contribution in [2.75, 3.05) is 12.4 Å². The quantitative estimate of drug-likeness (QED) is 0.315. The number of alkyl halides is 3. The molecule has 1 aromatic carbocycles. The molecule has 0 amide bonds. The van der Waals surface area contributed by atoms with Crippen LogP contribution in [-0.2, 0) is 19.8 Å². The number of rotatable bonds is 7. The number of nitrogens with one attached hydrogen (secondary N) is 1. The number of hydrogen-bond acceptors (Lipinski definition) is 9. The van der Waals surface area contributed by atoms with E-state index in [4.69, 9.17) is 14.1 Å². The SMILES string of the molecule is COc1ncnc(C2CC2)c1-c1nc(NCc2ccc(-c3nc(C(F)(F)F)cn3C)cc2)c2ncoc2n1. The van der Waals surface area contributed by atoms with Crippen LogP contribution in [0.2, 0.25) is 0 Å². The van der Waals surface area contributed by atoms with E-state index in [0.717, 1.165) is 30.3 Å². The number of oxazole rings is 1. The van der Waals surface area contributed by atoms with Gasteiger partial charge in [-0.15, -0.1) is 0 Å². The summed E-state index contributed by atoms with van der Waals surface area (Å²) in [6.45, 7) is 0.366. The molecule has 0 unspecified atom stereocenters. The first kappa shape index (κ1) is 23.8. The number of ether oxygens (including phenoxy) is 1. The number of fused-ring (bicyclic) bond motifs is 1. The Hall–Kier alpha value is -4.55. The predicted molar refractivity (Wildman–Crippen MR) is 130 cm³/mol. The molecule has 0 atom stereocenters. The van der Waals surface area contributed by atoms with Crippen molar-refractivity contribution < 1.29 is 22.3 Å². The molecule has 4 heterocycles. The largest absolute Gasteiger partial charge is 0.480 e. The van der Waals surface area contributed by atoms with E-state index in [1.165, 1.54) is 31.4 Å². The topological polar surface area (TPSA) is 117 Å². The maximum atomic E-state index is 13.0. The van der Waals surface area contributed by atoms with Crippen molar-refractivity contribution >= 4 is 17.0 Å². The van der Waals surface area contributed by atoms with Crippen molar-refractivity contribution in [1.82, 2.24) is 34.5 Å². The van der Waals surface area contributed by atoms with Crippen LogP contribution in [0.3, 0.4) is 0 Å². The summed E-state index contributed by atoms with van der Waals surface area (Å²) in [6.07, 6.45) is 1.29. The Morgan fingerprint density at radius 3 is 2.55 bits per heavy atom. The van der Waals surface area contributed by atoms with Crippen molar-refractivity contribution in [1.29, 1.82) is 0 Å². The normalized spacial score (nSPS) is 13.7. The molecule has 0 bridgehead atoms. The van der Waals surface area contributed by atoms with Gasteiger partial charge in [-0.2, -0.15) is 18.2 Å². The third-order valence-corrected chi connectivity index (χ3v) is 6.26. The second kappa shape index (κ2) is 9.08. The first-order valence-electron chi connectivity index (χ1n) is 11.8. The van der Waals surface area contributed by atoms with E-state index in [2.05, 4.69) is 30.2 Å². The van der Waals surface area contributed by atoms with Crippen LogP contribution in [0.5, 0.6) is 5.88 Å². The van der Waals surface area contributed by atoms with E-state index in [1.807, 2.05) is 12.1 Å². The Morgan fingerprint density at radius 1 is 1.08 bits per heavy atom. The van der Waals surface area contributed by atoms with Gasteiger partial charge in [0.25, 0.3) is 5.71 Å². The van der Waals surface area contributed by atoms with E-state index in [-0.39, 0.29) is 5.82 Å². The number of anilines is 1. The third-order valence-electron chi connectivity index (χ3n) is 6.26. The minimum atomic E-state index is -4.50. The number of benzene rings is 1. The van der Waals surface area contributed by atoms with Crippen molar-refractivity contribution in [3.8, 4) is 28.7 Å². The number of hydrogen-bond donors (Lipinski definition) is 1. The zero-order valence-electron chi connectivity index (χ0n) is 20.3.